The minimum atomic E-state index is -0.802. The summed E-state index contributed by atoms with van der Waals surface area (Å²) in [6.45, 7) is 2.23. The zero-order chi connectivity index (χ0) is 22.3. The summed E-state index contributed by atoms with van der Waals surface area (Å²) in [5, 5.41) is 9.99. The number of unbranched alkanes of at least 4 members (excludes halogenated alkanes) is 2. The van der Waals surface area contributed by atoms with Crippen LogP contribution in [0.2, 0.25) is 0 Å². The topological polar surface area (TPSA) is 75.4 Å². The van der Waals surface area contributed by atoms with Gasteiger partial charge in [0.15, 0.2) is 0 Å². The molecule has 1 aliphatic rings. The van der Waals surface area contributed by atoms with E-state index in [-0.39, 0.29) is 12.3 Å². The summed E-state index contributed by atoms with van der Waals surface area (Å²) in [5.74, 6) is -0.681. The molecule has 0 aliphatic carbocycles. The maximum Gasteiger partial charge on any atom is 0.303 e. The van der Waals surface area contributed by atoms with Gasteiger partial charge < -0.3 is 14.6 Å². The highest BCUT2D eigenvalue weighted by Crippen LogP contribution is 2.30. The lowest BCUT2D eigenvalue weighted by Crippen LogP contribution is -2.36. The maximum absolute atomic E-state index is 12.7. The first-order valence-corrected chi connectivity index (χ1v) is 11.6. The Labute approximate surface area is 188 Å². The Hall–Kier alpha value is -3.15. The van der Waals surface area contributed by atoms with Crippen LogP contribution in [0.4, 0.5) is 0 Å². The smallest absolute Gasteiger partial charge is 0.303 e. The summed E-state index contributed by atoms with van der Waals surface area (Å²) in [4.78, 5) is 30.0. The molecule has 4 rings (SSSR count). The molecule has 0 fully saturated rings. The Kier molecular flexibility index (Phi) is 7.20. The summed E-state index contributed by atoms with van der Waals surface area (Å²) in [7, 11) is 0. The van der Waals surface area contributed by atoms with E-state index in [0.29, 0.717) is 32.4 Å². The first kappa shape index (κ1) is 22.1. The molecule has 1 N–H and O–H groups in total. The third-order valence-corrected chi connectivity index (χ3v) is 6.34. The molecule has 168 valence electrons. The summed E-state index contributed by atoms with van der Waals surface area (Å²) < 4.78 is 2.32. The van der Waals surface area contributed by atoms with Crippen LogP contribution in [0, 0.1) is 0 Å². The minimum absolute atomic E-state index is 0.120. The van der Waals surface area contributed by atoms with Gasteiger partial charge in [0.1, 0.15) is 5.65 Å². The molecule has 3 aromatic rings. The molecule has 6 heteroatoms. The monoisotopic (exact) mass is 433 g/mol. The van der Waals surface area contributed by atoms with E-state index >= 15 is 0 Å². The van der Waals surface area contributed by atoms with Crippen LogP contribution in [-0.2, 0) is 35.5 Å². The van der Waals surface area contributed by atoms with Crippen molar-refractivity contribution in [2.45, 2.75) is 64.5 Å². The van der Waals surface area contributed by atoms with Gasteiger partial charge in [0, 0.05) is 43.2 Å². The second kappa shape index (κ2) is 10.4. The number of pyridine rings is 1. The van der Waals surface area contributed by atoms with Crippen LogP contribution in [0.5, 0.6) is 0 Å². The van der Waals surface area contributed by atoms with Crippen LogP contribution in [0.25, 0.3) is 11.0 Å². The number of carbonyl (C=O) groups is 2. The van der Waals surface area contributed by atoms with Gasteiger partial charge in [-0.15, -0.1) is 0 Å². The van der Waals surface area contributed by atoms with Gasteiger partial charge in [0.25, 0.3) is 0 Å². The number of fused-ring (bicyclic) bond motifs is 3. The predicted octanol–water partition coefficient (Wildman–Crippen LogP) is 4.59. The lowest BCUT2D eigenvalue weighted by molar-refractivity contribution is -0.137. The predicted molar refractivity (Wildman–Crippen MR) is 124 cm³/mol. The Balaban J connectivity index is 1.43. The number of hydrogen-bond donors (Lipinski definition) is 1. The molecule has 0 radical (unpaired) electrons. The number of benzene rings is 1. The SMILES string of the molecule is O=C(O)CCCCC(=O)N1CCc2c(n(CCCCc3ccccc3)c3ncccc23)C1. The van der Waals surface area contributed by atoms with Gasteiger partial charge in [0.05, 0.1) is 6.54 Å². The summed E-state index contributed by atoms with van der Waals surface area (Å²) >= 11 is 0. The Morgan fingerprint density at radius 3 is 2.59 bits per heavy atom. The van der Waals surface area contributed by atoms with E-state index in [1.54, 1.807) is 0 Å². The van der Waals surface area contributed by atoms with Crippen molar-refractivity contribution in [3.63, 3.8) is 0 Å². The number of amides is 1. The molecule has 3 heterocycles. The van der Waals surface area contributed by atoms with Crippen molar-refractivity contribution in [3.8, 4) is 0 Å². The fourth-order valence-corrected chi connectivity index (χ4v) is 4.67. The van der Waals surface area contributed by atoms with Crippen molar-refractivity contribution in [1.29, 1.82) is 0 Å². The molecule has 2 aromatic heterocycles. The van der Waals surface area contributed by atoms with Crippen LogP contribution in [0.3, 0.4) is 0 Å². The largest absolute Gasteiger partial charge is 0.481 e. The number of carbonyl (C=O) groups excluding carboxylic acids is 1. The number of nitrogens with zero attached hydrogens (tertiary/aromatic N) is 3. The van der Waals surface area contributed by atoms with Crippen LogP contribution in [-0.4, -0.2) is 38.0 Å². The van der Waals surface area contributed by atoms with E-state index in [2.05, 4.69) is 39.9 Å². The van der Waals surface area contributed by atoms with Gasteiger partial charge in [-0.25, -0.2) is 4.98 Å². The highest BCUT2D eigenvalue weighted by Gasteiger charge is 2.26. The van der Waals surface area contributed by atoms with E-state index in [4.69, 9.17) is 5.11 Å². The quantitative estimate of drug-likeness (QED) is 0.475. The Bertz CT molecular complexity index is 1070. The fourth-order valence-electron chi connectivity index (χ4n) is 4.67. The van der Waals surface area contributed by atoms with Gasteiger partial charge in [-0.05, 0) is 61.8 Å². The zero-order valence-corrected chi connectivity index (χ0v) is 18.5. The van der Waals surface area contributed by atoms with Gasteiger partial charge in [-0.1, -0.05) is 30.3 Å². The second-order valence-corrected chi connectivity index (χ2v) is 8.56. The van der Waals surface area contributed by atoms with Crippen molar-refractivity contribution in [1.82, 2.24) is 14.5 Å². The van der Waals surface area contributed by atoms with Crippen LogP contribution < -0.4 is 0 Å². The van der Waals surface area contributed by atoms with E-state index in [9.17, 15) is 9.59 Å². The van der Waals surface area contributed by atoms with Gasteiger partial charge in [-0.2, -0.15) is 0 Å². The second-order valence-electron chi connectivity index (χ2n) is 8.56. The van der Waals surface area contributed by atoms with Gasteiger partial charge in [-0.3, -0.25) is 9.59 Å². The number of hydrogen-bond acceptors (Lipinski definition) is 3. The molecule has 32 heavy (non-hydrogen) atoms. The number of aryl methyl sites for hydroxylation is 2. The number of aromatic nitrogens is 2. The molecule has 1 aromatic carbocycles. The third-order valence-electron chi connectivity index (χ3n) is 6.34. The first-order valence-electron chi connectivity index (χ1n) is 11.6. The molecule has 0 atom stereocenters. The van der Waals surface area contributed by atoms with E-state index in [1.165, 1.54) is 22.2 Å². The van der Waals surface area contributed by atoms with Gasteiger partial charge in [0.2, 0.25) is 5.91 Å². The lowest BCUT2D eigenvalue weighted by atomic mass is 10.0. The fraction of sp³-hybridized carbons (Fsp3) is 0.423. The Morgan fingerprint density at radius 2 is 1.78 bits per heavy atom. The van der Waals surface area contributed by atoms with Crippen LogP contribution in [0.15, 0.2) is 48.7 Å². The molecule has 0 unspecified atom stereocenters. The third kappa shape index (κ3) is 5.18. The molecule has 6 nitrogen and oxygen atoms in total. The molecule has 1 aliphatic heterocycles. The number of carboxylic acids is 1. The molecular weight excluding hydrogens is 402 g/mol. The molecule has 0 spiro atoms. The number of carboxylic acid groups (broad SMARTS) is 1. The highest BCUT2D eigenvalue weighted by molar-refractivity contribution is 5.83. The molecule has 0 bridgehead atoms. The standard InChI is InChI=1S/C26H31N3O3/c30-24(13-4-5-14-25(31)32)28-18-15-21-22-12-8-16-27-26(22)29(23(21)19-28)17-7-6-11-20-9-2-1-3-10-20/h1-3,8-10,12,16H,4-7,11,13-15,17-19H2,(H,31,32). The van der Waals surface area contributed by atoms with Crippen molar-refractivity contribution >= 4 is 22.9 Å². The van der Waals surface area contributed by atoms with E-state index < -0.39 is 5.97 Å². The van der Waals surface area contributed by atoms with E-state index in [1.807, 2.05) is 23.2 Å². The lowest BCUT2D eigenvalue weighted by Gasteiger charge is -2.28. The normalized spacial score (nSPS) is 13.3. The van der Waals surface area contributed by atoms with Crippen molar-refractivity contribution in [2.75, 3.05) is 6.54 Å². The molecule has 0 saturated heterocycles. The molecular formula is C26H31N3O3. The van der Waals surface area contributed by atoms with E-state index in [0.717, 1.165) is 37.9 Å². The summed E-state index contributed by atoms with van der Waals surface area (Å²) in [6.07, 6.45) is 7.64. The molecule has 1 amide bonds. The van der Waals surface area contributed by atoms with Crippen molar-refractivity contribution in [3.05, 3.63) is 65.5 Å². The maximum atomic E-state index is 12.7. The first-order chi connectivity index (χ1) is 15.6. The summed E-state index contributed by atoms with van der Waals surface area (Å²) in [6, 6.07) is 14.7. The number of rotatable bonds is 10. The average Bonchev–Trinajstić information content (AvgIpc) is 3.13. The Morgan fingerprint density at radius 1 is 0.969 bits per heavy atom. The summed E-state index contributed by atoms with van der Waals surface area (Å²) in [5.41, 5.74) is 4.92. The average molecular weight is 434 g/mol. The number of aliphatic carboxylic acids is 1. The minimum Gasteiger partial charge on any atom is -0.481 e. The zero-order valence-electron chi connectivity index (χ0n) is 18.5. The molecule has 0 saturated carbocycles. The van der Waals surface area contributed by atoms with Crippen molar-refractivity contribution < 1.29 is 14.7 Å². The highest BCUT2D eigenvalue weighted by atomic mass is 16.4. The van der Waals surface area contributed by atoms with Crippen molar-refractivity contribution in [2.24, 2.45) is 0 Å². The van der Waals surface area contributed by atoms with Crippen LogP contribution in [0.1, 0.15) is 55.3 Å². The van der Waals surface area contributed by atoms with Gasteiger partial charge >= 0.3 is 5.97 Å². The van der Waals surface area contributed by atoms with Crippen LogP contribution >= 0.6 is 0 Å².